The second-order valence-electron chi connectivity index (χ2n) is 4.67. The number of rotatable bonds is 3. The number of ether oxygens (including phenoxy) is 1. The third-order valence-electron chi connectivity index (χ3n) is 3.40. The number of anilines is 1. The highest BCUT2D eigenvalue weighted by molar-refractivity contribution is 7.16. The molecule has 0 aliphatic heterocycles. The summed E-state index contributed by atoms with van der Waals surface area (Å²) in [6.07, 6.45) is 0. The standard InChI is InChI=1S/C15H15N3O2S/c1-8-9(2)21-13(16)12(8)15-17-14(18-20-15)10-4-6-11(19-3)7-5-10/h4-7H,16H2,1-3H3. The first kappa shape index (κ1) is 13.6. The van der Waals surface area contributed by atoms with Crippen LogP contribution in [0, 0.1) is 13.8 Å². The smallest absolute Gasteiger partial charge is 0.261 e. The van der Waals surface area contributed by atoms with Crippen molar-refractivity contribution in [1.82, 2.24) is 10.1 Å². The van der Waals surface area contributed by atoms with E-state index in [0.29, 0.717) is 16.7 Å². The van der Waals surface area contributed by atoms with Crippen molar-refractivity contribution in [2.75, 3.05) is 12.8 Å². The molecule has 0 aliphatic rings. The van der Waals surface area contributed by atoms with Gasteiger partial charge in [0, 0.05) is 10.4 Å². The predicted octanol–water partition coefficient (Wildman–Crippen LogP) is 3.67. The molecule has 1 aromatic carbocycles. The van der Waals surface area contributed by atoms with Crippen LogP contribution in [0.15, 0.2) is 28.8 Å². The fraction of sp³-hybridized carbons (Fsp3) is 0.200. The van der Waals surface area contributed by atoms with Crippen molar-refractivity contribution in [2.45, 2.75) is 13.8 Å². The van der Waals surface area contributed by atoms with E-state index >= 15 is 0 Å². The largest absolute Gasteiger partial charge is 0.497 e. The quantitative estimate of drug-likeness (QED) is 0.799. The highest BCUT2D eigenvalue weighted by Crippen LogP contribution is 2.37. The Kier molecular flexibility index (Phi) is 3.39. The van der Waals surface area contributed by atoms with Crippen LogP contribution in [0.4, 0.5) is 5.00 Å². The van der Waals surface area contributed by atoms with Crippen LogP contribution in [-0.4, -0.2) is 17.3 Å². The molecule has 0 saturated carbocycles. The fourth-order valence-electron chi connectivity index (χ4n) is 2.10. The normalized spacial score (nSPS) is 10.8. The van der Waals surface area contributed by atoms with Gasteiger partial charge in [-0.05, 0) is 43.7 Å². The van der Waals surface area contributed by atoms with Crippen molar-refractivity contribution in [3.8, 4) is 28.6 Å². The Morgan fingerprint density at radius 1 is 1.19 bits per heavy atom. The lowest BCUT2D eigenvalue weighted by molar-refractivity contribution is 0.415. The molecule has 3 rings (SSSR count). The Morgan fingerprint density at radius 3 is 2.48 bits per heavy atom. The average Bonchev–Trinajstić information content (AvgIpc) is 3.05. The number of benzene rings is 1. The highest BCUT2D eigenvalue weighted by atomic mass is 32.1. The lowest BCUT2D eigenvalue weighted by Gasteiger charge is -1.99. The van der Waals surface area contributed by atoms with Gasteiger partial charge in [0.05, 0.1) is 17.7 Å². The summed E-state index contributed by atoms with van der Waals surface area (Å²) in [6, 6.07) is 7.50. The minimum atomic E-state index is 0.458. The third-order valence-corrected chi connectivity index (χ3v) is 4.44. The number of aromatic nitrogens is 2. The number of hydrogen-bond acceptors (Lipinski definition) is 6. The molecule has 0 saturated heterocycles. The van der Waals surface area contributed by atoms with Crippen LogP contribution in [-0.2, 0) is 0 Å². The summed E-state index contributed by atoms with van der Waals surface area (Å²) in [6.45, 7) is 4.04. The van der Waals surface area contributed by atoms with Gasteiger partial charge in [-0.15, -0.1) is 11.3 Å². The van der Waals surface area contributed by atoms with Gasteiger partial charge in [0.25, 0.3) is 5.89 Å². The monoisotopic (exact) mass is 301 g/mol. The molecule has 21 heavy (non-hydrogen) atoms. The zero-order valence-electron chi connectivity index (χ0n) is 12.0. The summed E-state index contributed by atoms with van der Waals surface area (Å²) in [7, 11) is 1.63. The van der Waals surface area contributed by atoms with Crippen LogP contribution in [0.25, 0.3) is 22.8 Å². The van der Waals surface area contributed by atoms with E-state index in [1.54, 1.807) is 7.11 Å². The van der Waals surface area contributed by atoms with Crippen LogP contribution >= 0.6 is 11.3 Å². The molecule has 3 aromatic rings. The van der Waals surface area contributed by atoms with Crippen LogP contribution < -0.4 is 10.5 Å². The summed E-state index contributed by atoms with van der Waals surface area (Å²) < 4.78 is 10.5. The molecule has 0 fully saturated rings. The van der Waals surface area contributed by atoms with Gasteiger partial charge in [0.2, 0.25) is 5.82 Å². The molecule has 0 amide bonds. The SMILES string of the molecule is COc1ccc(-c2noc(-c3c(N)sc(C)c3C)n2)cc1. The van der Waals surface area contributed by atoms with E-state index in [4.69, 9.17) is 15.0 Å². The van der Waals surface area contributed by atoms with E-state index in [-0.39, 0.29) is 0 Å². The number of aryl methyl sites for hydroxylation is 1. The maximum Gasteiger partial charge on any atom is 0.261 e. The first-order chi connectivity index (χ1) is 10.1. The molecule has 0 aliphatic carbocycles. The summed E-state index contributed by atoms with van der Waals surface area (Å²) >= 11 is 1.53. The molecule has 0 spiro atoms. The third kappa shape index (κ3) is 2.38. The minimum Gasteiger partial charge on any atom is -0.497 e. The molecule has 6 heteroatoms. The maximum atomic E-state index is 6.03. The number of nitrogen functional groups attached to an aromatic ring is 1. The summed E-state index contributed by atoms with van der Waals surface area (Å²) in [5, 5.41) is 4.74. The lowest BCUT2D eigenvalue weighted by Crippen LogP contribution is -1.87. The summed E-state index contributed by atoms with van der Waals surface area (Å²) in [4.78, 5) is 5.61. The summed E-state index contributed by atoms with van der Waals surface area (Å²) in [5.41, 5.74) is 8.83. The van der Waals surface area contributed by atoms with Gasteiger partial charge in [-0.25, -0.2) is 0 Å². The van der Waals surface area contributed by atoms with Gasteiger partial charge in [-0.3, -0.25) is 0 Å². The number of nitrogens with two attached hydrogens (primary N) is 1. The van der Waals surface area contributed by atoms with E-state index in [2.05, 4.69) is 10.1 Å². The molecule has 0 bridgehead atoms. The Labute approximate surface area is 126 Å². The zero-order valence-corrected chi connectivity index (χ0v) is 12.8. The van der Waals surface area contributed by atoms with E-state index < -0.39 is 0 Å². The van der Waals surface area contributed by atoms with Crippen molar-refractivity contribution >= 4 is 16.3 Å². The van der Waals surface area contributed by atoms with Gasteiger partial charge >= 0.3 is 0 Å². The van der Waals surface area contributed by atoms with Crippen LogP contribution in [0.2, 0.25) is 0 Å². The Balaban J connectivity index is 1.99. The Hall–Kier alpha value is -2.34. The van der Waals surface area contributed by atoms with E-state index in [1.807, 2.05) is 38.1 Å². The first-order valence-electron chi connectivity index (χ1n) is 6.44. The molecule has 2 N–H and O–H groups in total. The molecule has 0 unspecified atom stereocenters. The topological polar surface area (TPSA) is 74.2 Å². The maximum absolute atomic E-state index is 6.03. The molecule has 0 radical (unpaired) electrons. The molecule has 108 valence electrons. The van der Waals surface area contributed by atoms with Crippen molar-refractivity contribution in [3.63, 3.8) is 0 Å². The predicted molar refractivity (Wildman–Crippen MR) is 83.5 cm³/mol. The van der Waals surface area contributed by atoms with Gasteiger partial charge < -0.3 is 15.0 Å². The number of thiophene rings is 1. The van der Waals surface area contributed by atoms with Crippen LogP contribution in [0.5, 0.6) is 5.75 Å². The number of nitrogens with zero attached hydrogens (tertiary/aromatic N) is 2. The number of hydrogen-bond donors (Lipinski definition) is 1. The van der Waals surface area contributed by atoms with Gasteiger partial charge in [-0.2, -0.15) is 4.98 Å². The molecular formula is C15H15N3O2S. The number of methoxy groups -OCH3 is 1. The lowest BCUT2D eigenvalue weighted by atomic mass is 10.1. The van der Waals surface area contributed by atoms with Crippen LogP contribution in [0.3, 0.4) is 0 Å². The highest BCUT2D eigenvalue weighted by Gasteiger charge is 2.18. The van der Waals surface area contributed by atoms with Gasteiger partial charge in [-0.1, -0.05) is 5.16 Å². The van der Waals surface area contributed by atoms with Crippen molar-refractivity contribution in [3.05, 3.63) is 34.7 Å². The second-order valence-corrected chi connectivity index (χ2v) is 5.93. The molecular weight excluding hydrogens is 286 g/mol. The van der Waals surface area contributed by atoms with Gasteiger partial charge in [0.15, 0.2) is 0 Å². The van der Waals surface area contributed by atoms with Crippen molar-refractivity contribution in [2.24, 2.45) is 0 Å². The summed E-state index contributed by atoms with van der Waals surface area (Å²) in [5.74, 6) is 1.78. The van der Waals surface area contributed by atoms with Crippen molar-refractivity contribution < 1.29 is 9.26 Å². The van der Waals surface area contributed by atoms with E-state index in [1.165, 1.54) is 11.3 Å². The van der Waals surface area contributed by atoms with E-state index in [0.717, 1.165) is 27.3 Å². The minimum absolute atomic E-state index is 0.458. The average molecular weight is 301 g/mol. The first-order valence-corrected chi connectivity index (χ1v) is 7.25. The molecule has 0 atom stereocenters. The Morgan fingerprint density at radius 2 is 1.90 bits per heavy atom. The van der Waals surface area contributed by atoms with Crippen LogP contribution in [0.1, 0.15) is 10.4 Å². The van der Waals surface area contributed by atoms with Crippen molar-refractivity contribution in [1.29, 1.82) is 0 Å². The van der Waals surface area contributed by atoms with E-state index in [9.17, 15) is 0 Å². The molecule has 5 nitrogen and oxygen atoms in total. The Bertz CT molecular complexity index is 775. The van der Waals surface area contributed by atoms with Gasteiger partial charge in [0.1, 0.15) is 5.75 Å². The molecule has 2 aromatic heterocycles. The zero-order chi connectivity index (χ0) is 15.0. The molecule has 2 heterocycles. The fourth-order valence-corrected chi connectivity index (χ4v) is 3.03. The second kappa shape index (κ2) is 5.21.